The molecule has 144 valence electrons. The molecule has 5 heteroatoms. The fourth-order valence-corrected chi connectivity index (χ4v) is 7.01. The zero-order valence-corrected chi connectivity index (χ0v) is 16.6. The van der Waals surface area contributed by atoms with Crippen molar-refractivity contribution < 1.29 is 9.53 Å². The standard InChI is InChI=1S/C22H28N2O2S/c25-19(23-20(27)24-6-8-26-9-7-24)22-13-16-10-17(14-22)12-21(11-16,15-22)18-4-2-1-3-5-18/h1-5,16-17H,6-15H2,(H,23,25,27)/t16-,17+,21?,22?. The maximum absolute atomic E-state index is 13.5. The molecule has 1 aliphatic heterocycles. The summed E-state index contributed by atoms with van der Waals surface area (Å²) in [5, 5.41) is 3.73. The Morgan fingerprint density at radius 3 is 2.41 bits per heavy atom. The van der Waals surface area contributed by atoms with Crippen LogP contribution in [-0.4, -0.2) is 42.2 Å². The molecular weight excluding hydrogens is 356 g/mol. The minimum absolute atomic E-state index is 0.174. The number of carbonyl (C=O) groups excluding carboxylic acids is 1. The number of carbonyl (C=O) groups is 1. The Bertz CT molecular complexity index is 730. The van der Waals surface area contributed by atoms with E-state index in [0.29, 0.717) is 30.2 Å². The van der Waals surface area contributed by atoms with Crippen molar-refractivity contribution in [1.82, 2.24) is 10.2 Å². The normalized spacial score (nSPS) is 37.3. The van der Waals surface area contributed by atoms with Gasteiger partial charge in [0.05, 0.1) is 18.6 Å². The fourth-order valence-electron chi connectivity index (χ4n) is 6.73. The van der Waals surface area contributed by atoms with Gasteiger partial charge in [-0.05, 0) is 73.6 Å². The van der Waals surface area contributed by atoms with E-state index in [1.807, 2.05) is 0 Å². The van der Waals surface area contributed by atoms with E-state index in [1.54, 1.807) is 0 Å². The van der Waals surface area contributed by atoms with E-state index in [9.17, 15) is 4.79 Å². The molecule has 1 saturated heterocycles. The van der Waals surface area contributed by atoms with Crippen molar-refractivity contribution >= 4 is 23.2 Å². The first kappa shape index (κ1) is 17.6. The second-order valence-electron chi connectivity index (χ2n) is 9.25. The van der Waals surface area contributed by atoms with Crippen LogP contribution in [0.3, 0.4) is 0 Å². The maximum Gasteiger partial charge on any atom is 0.232 e. The number of hydrogen-bond donors (Lipinski definition) is 1. The van der Waals surface area contributed by atoms with Crippen LogP contribution in [0.4, 0.5) is 0 Å². The summed E-state index contributed by atoms with van der Waals surface area (Å²) in [5.41, 5.74) is 1.38. The lowest BCUT2D eigenvalue weighted by atomic mass is 9.42. The van der Waals surface area contributed by atoms with Crippen LogP contribution in [-0.2, 0) is 14.9 Å². The molecule has 1 N–H and O–H groups in total. The second kappa shape index (κ2) is 6.56. The van der Waals surface area contributed by atoms with E-state index in [-0.39, 0.29) is 16.7 Å². The van der Waals surface area contributed by atoms with Gasteiger partial charge in [-0.3, -0.25) is 4.79 Å². The number of ether oxygens (including phenoxy) is 1. The Hall–Kier alpha value is -1.46. The Morgan fingerprint density at radius 1 is 1.07 bits per heavy atom. The van der Waals surface area contributed by atoms with E-state index in [0.717, 1.165) is 32.4 Å². The number of amides is 1. The fraction of sp³-hybridized carbons (Fsp3) is 0.636. The van der Waals surface area contributed by atoms with Gasteiger partial charge in [0.25, 0.3) is 0 Å². The minimum Gasteiger partial charge on any atom is -0.378 e. The lowest BCUT2D eigenvalue weighted by Crippen LogP contribution is -2.60. The first-order valence-corrected chi connectivity index (χ1v) is 10.7. The topological polar surface area (TPSA) is 41.6 Å². The van der Waals surface area contributed by atoms with Gasteiger partial charge in [-0.25, -0.2) is 0 Å². The van der Waals surface area contributed by atoms with Crippen LogP contribution in [0.25, 0.3) is 0 Å². The van der Waals surface area contributed by atoms with Crippen LogP contribution in [0.5, 0.6) is 0 Å². The predicted octanol–water partition coefficient (Wildman–Crippen LogP) is 3.26. The molecule has 4 nitrogen and oxygen atoms in total. The molecule has 4 atom stereocenters. The van der Waals surface area contributed by atoms with E-state index in [2.05, 4.69) is 40.5 Å². The average Bonchev–Trinajstić information content (AvgIpc) is 2.68. The van der Waals surface area contributed by atoms with Gasteiger partial charge >= 0.3 is 0 Å². The highest BCUT2D eigenvalue weighted by Gasteiger charge is 2.61. The maximum atomic E-state index is 13.5. The predicted molar refractivity (Wildman–Crippen MR) is 108 cm³/mol. The molecule has 4 aliphatic carbocycles. The summed E-state index contributed by atoms with van der Waals surface area (Å²) in [6.45, 7) is 2.90. The van der Waals surface area contributed by atoms with Crippen molar-refractivity contribution in [2.45, 2.75) is 43.9 Å². The summed E-state index contributed by atoms with van der Waals surface area (Å²) < 4.78 is 5.40. The highest BCUT2D eigenvalue weighted by Crippen LogP contribution is 2.65. The first-order chi connectivity index (χ1) is 13.1. The molecule has 27 heavy (non-hydrogen) atoms. The third kappa shape index (κ3) is 2.99. The molecule has 5 fully saturated rings. The van der Waals surface area contributed by atoms with Gasteiger partial charge in [0.1, 0.15) is 0 Å². The number of nitrogens with one attached hydrogen (secondary N) is 1. The second-order valence-corrected chi connectivity index (χ2v) is 9.63. The van der Waals surface area contributed by atoms with Crippen molar-refractivity contribution in [1.29, 1.82) is 0 Å². The number of morpholine rings is 1. The molecule has 1 aromatic carbocycles. The summed E-state index contributed by atoms with van der Waals surface area (Å²) in [4.78, 5) is 15.5. The van der Waals surface area contributed by atoms with Gasteiger partial charge in [-0.1, -0.05) is 30.3 Å². The zero-order valence-electron chi connectivity index (χ0n) is 15.8. The third-order valence-corrected chi connectivity index (χ3v) is 7.81. The molecule has 6 rings (SSSR count). The summed E-state index contributed by atoms with van der Waals surface area (Å²) in [5.74, 6) is 1.52. The number of nitrogens with zero attached hydrogens (tertiary/aromatic N) is 1. The Balaban J connectivity index is 1.39. The van der Waals surface area contributed by atoms with E-state index in [4.69, 9.17) is 17.0 Å². The molecule has 2 unspecified atom stereocenters. The number of rotatable bonds is 2. The smallest absolute Gasteiger partial charge is 0.232 e. The van der Waals surface area contributed by atoms with E-state index in [1.165, 1.54) is 24.8 Å². The summed E-state index contributed by atoms with van der Waals surface area (Å²) >= 11 is 5.56. The number of hydrogen-bond acceptors (Lipinski definition) is 3. The Kier molecular flexibility index (Phi) is 4.28. The highest BCUT2D eigenvalue weighted by atomic mass is 32.1. The number of benzene rings is 1. The molecule has 4 saturated carbocycles. The van der Waals surface area contributed by atoms with Crippen LogP contribution in [0.1, 0.15) is 44.1 Å². The summed E-state index contributed by atoms with van der Waals surface area (Å²) in [6, 6.07) is 10.9. The van der Waals surface area contributed by atoms with Crippen LogP contribution in [0.2, 0.25) is 0 Å². The molecule has 1 heterocycles. The SMILES string of the molecule is O=C(NC(=S)N1CCOCC1)C12C[C@H]3C[C@@H](C1)CC(c1ccccc1)(C3)C2. The van der Waals surface area contributed by atoms with Gasteiger partial charge in [-0.15, -0.1) is 0 Å². The molecule has 0 aromatic heterocycles. The molecule has 1 amide bonds. The quantitative estimate of drug-likeness (QED) is 0.795. The van der Waals surface area contributed by atoms with Crippen LogP contribution < -0.4 is 5.32 Å². The van der Waals surface area contributed by atoms with Crippen molar-refractivity contribution in [3.8, 4) is 0 Å². The number of thiocarbonyl (C=S) groups is 1. The summed E-state index contributed by atoms with van der Waals surface area (Å²) in [6.07, 6.45) is 6.85. The lowest BCUT2D eigenvalue weighted by molar-refractivity contribution is -0.147. The van der Waals surface area contributed by atoms with Gasteiger partial charge < -0.3 is 15.0 Å². The molecule has 0 radical (unpaired) electrons. The van der Waals surface area contributed by atoms with Gasteiger partial charge in [0, 0.05) is 13.1 Å². The average molecular weight is 385 g/mol. The molecule has 4 bridgehead atoms. The molecule has 5 aliphatic rings. The van der Waals surface area contributed by atoms with Crippen molar-refractivity contribution in [2.75, 3.05) is 26.3 Å². The van der Waals surface area contributed by atoms with Gasteiger partial charge in [0.15, 0.2) is 5.11 Å². The largest absolute Gasteiger partial charge is 0.378 e. The van der Waals surface area contributed by atoms with Crippen molar-refractivity contribution in [3.63, 3.8) is 0 Å². The van der Waals surface area contributed by atoms with Crippen molar-refractivity contribution in [2.24, 2.45) is 17.3 Å². The Labute approximate surface area is 166 Å². The molecular formula is C22H28N2O2S. The van der Waals surface area contributed by atoms with E-state index < -0.39 is 0 Å². The van der Waals surface area contributed by atoms with Gasteiger partial charge in [-0.2, -0.15) is 0 Å². The van der Waals surface area contributed by atoms with Crippen LogP contribution >= 0.6 is 12.2 Å². The lowest BCUT2D eigenvalue weighted by Gasteiger charge is -2.61. The molecule has 1 aromatic rings. The monoisotopic (exact) mass is 384 g/mol. The Morgan fingerprint density at radius 2 is 1.74 bits per heavy atom. The van der Waals surface area contributed by atoms with Gasteiger partial charge in [0.2, 0.25) is 5.91 Å². The third-order valence-electron chi connectivity index (χ3n) is 7.45. The highest BCUT2D eigenvalue weighted by molar-refractivity contribution is 7.80. The van der Waals surface area contributed by atoms with Crippen molar-refractivity contribution in [3.05, 3.63) is 35.9 Å². The minimum atomic E-state index is -0.240. The van der Waals surface area contributed by atoms with Crippen LogP contribution in [0, 0.1) is 17.3 Å². The van der Waals surface area contributed by atoms with Crippen LogP contribution in [0.15, 0.2) is 30.3 Å². The van der Waals surface area contributed by atoms with E-state index >= 15 is 0 Å². The first-order valence-electron chi connectivity index (χ1n) is 10.3. The summed E-state index contributed by atoms with van der Waals surface area (Å²) in [7, 11) is 0. The zero-order chi connectivity index (χ0) is 18.5. The molecule has 0 spiro atoms.